The SMILES string of the molecule is COc1ncc(Cl)c(N2CCCN(c3ncccc3C#N)CC2)n1. The van der Waals surface area contributed by atoms with Crippen LogP contribution in [0.3, 0.4) is 0 Å². The van der Waals surface area contributed by atoms with Crippen molar-refractivity contribution in [3.05, 3.63) is 35.1 Å². The van der Waals surface area contributed by atoms with E-state index in [1.807, 2.05) is 0 Å². The summed E-state index contributed by atoms with van der Waals surface area (Å²) in [7, 11) is 1.53. The van der Waals surface area contributed by atoms with Gasteiger partial charge in [0, 0.05) is 32.4 Å². The van der Waals surface area contributed by atoms with Crippen molar-refractivity contribution in [2.45, 2.75) is 6.42 Å². The lowest BCUT2D eigenvalue weighted by molar-refractivity contribution is 0.379. The molecule has 124 valence electrons. The molecule has 1 aliphatic heterocycles. The molecule has 0 amide bonds. The summed E-state index contributed by atoms with van der Waals surface area (Å²) in [5.74, 6) is 1.40. The highest BCUT2D eigenvalue weighted by atomic mass is 35.5. The molecule has 24 heavy (non-hydrogen) atoms. The summed E-state index contributed by atoms with van der Waals surface area (Å²) in [5.41, 5.74) is 0.590. The van der Waals surface area contributed by atoms with Crippen LogP contribution in [0.15, 0.2) is 24.5 Å². The maximum absolute atomic E-state index is 9.27. The fourth-order valence-electron chi connectivity index (χ4n) is 2.74. The van der Waals surface area contributed by atoms with Gasteiger partial charge in [-0.2, -0.15) is 10.2 Å². The molecule has 1 fully saturated rings. The van der Waals surface area contributed by atoms with Gasteiger partial charge in [0.1, 0.15) is 16.9 Å². The second kappa shape index (κ2) is 7.32. The Balaban J connectivity index is 1.80. The van der Waals surface area contributed by atoms with Crippen molar-refractivity contribution >= 4 is 23.2 Å². The van der Waals surface area contributed by atoms with Crippen LogP contribution in [0.2, 0.25) is 5.02 Å². The number of nitrogens with zero attached hydrogens (tertiary/aromatic N) is 6. The summed E-state index contributed by atoms with van der Waals surface area (Å²) in [6.45, 7) is 3.09. The first-order valence-electron chi connectivity index (χ1n) is 7.64. The molecule has 0 bridgehead atoms. The van der Waals surface area contributed by atoms with E-state index < -0.39 is 0 Å². The van der Waals surface area contributed by atoms with Crippen molar-refractivity contribution in [1.29, 1.82) is 5.26 Å². The van der Waals surface area contributed by atoms with Gasteiger partial charge >= 0.3 is 6.01 Å². The lowest BCUT2D eigenvalue weighted by atomic mass is 10.2. The zero-order valence-electron chi connectivity index (χ0n) is 13.3. The number of aromatic nitrogens is 3. The molecular weight excluding hydrogens is 328 g/mol. The van der Waals surface area contributed by atoms with E-state index in [0.717, 1.165) is 38.4 Å². The Morgan fingerprint density at radius 2 is 1.92 bits per heavy atom. The van der Waals surface area contributed by atoms with Crippen LogP contribution in [-0.4, -0.2) is 48.2 Å². The average Bonchev–Trinajstić information content (AvgIpc) is 2.88. The number of ether oxygens (including phenoxy) is 1. The van der Waals surface area contributed by atoms with Crippen molar-refractivity contribution in [1.82, 2.24) is 15.0 Å². The summed E-state index contributed by atoms with van der Waals surface area (Å²) in [5, 5.41) is 9.77. The van der Waals surface area contributed by atoms with Crippen LogP contribution < -0.4 is 14.5 Å². The highest BCUT2D eigenvalue weighted by Crippen LogP contribution is 2.26. The van der Waals surface area contributed by atoms with Gasteiger partial charge in [-0.15, -0.1) is 0 Å². The van der Waals surface area contributed by atoms with E-state index in [4.69, 9.17) is 16.3 Å². The molecule has 0 saturated carbocycles. The molecule has 1 saturated heterocycles. The molecule has 0 aliphatic carbocycles. The van der Waals surface area contributed by atoms with Crippen LogP contribution in [0.5, 0.6) is 6.01 Å². The molecule has 0 radical (unpaired) electrons. The summed E-state index contributed by atoms with van der Waals surface area (Å²) in [4.78, 5) is 17.0. The molecule has 3 rings (SSSR count). The maximum atomic E-state index is 9.27. The molecule has 0 unspecified atom stereocenters. The van der Waals surface area contributed by atoms with E-state index >= 15 is 0 Å². The van der Waals surface area contributed by atoms with E-state index in [2.05, 4.69) is 30.8 Å². The molecule has 8 heteroatoms. The first-order chi connectivity index (χ1) is 11.7. The minimum Gasteiger partial charge on any atom is -0.467 e. The summed E-state index contributed by atoms with van der Waals surface area (Å²) in [6, 6.07) is 6.07. The van der Waals surface area contributed by atoms with Gasteiger partial charge in [-0.05, 0) is 18.6 Å². The van der Waals surface area contributed by atoms with Gasteiger partial charge in [-0.1, -0.05) is 11.6 Å². The number of rotatable bonds is 3. The van der Waals surface area contributed by atoms with E-state index in [0.29, 0.717) is 22.4 Å². The van der Waals surface area contributed by atoms with E-state index in [9.17, 15) is 5.26 Å². The second-order valence-electron chi connectivity index (χ2n) is 5.34. The molecule has 3 heterocycles. The molecule has 1 aliphatic rings. The molecule has 0 aromatic carbocycles. The fraction of sp³-hybridized carbons (Fsp3) is 0.375. The lowest BCUT2D eigenvalue weighted by Crippen LogP contribution is -2.32. The largest absolute Gasteiger partial charge is 0.467 e. The minimum absolute atomic E-state index is 0.298. The number of pyridine rings is 1. The van der Waals surface area contributed by atoms with Crippen LogP contribution in [-0.2, 0) is 0 Å². The van der Waals surface area contributed by atoms with Gasteiger partial charge in [0.05, 0.1) is 18.9 Å². The van der Waals surface area contributed by atoms with Crippen LogP contribution in [0.4, 0.5) is 11.6 Å². The third-order valence-electron chi connectivity index (χ3n) is 3.89. The first kappa shape index (κ1) is 16.3. The Hall–Kier alpha value is -2.59. The molecule has 7 nitrogen and oxygen atoms in total. The number of methoxy groups -OCH3 is 1. The number of anilines is 2. The van der Waals surface area contributed by atoms with Crippen molar-refractivity contribution in [2.75, 3.05) is 43.1 Å². The van der Waals surface area contributed by atoms with Crippen LogP contribution in [0.1, 0.15) is 12.0 Å². The smallest absolute Gasteiger partial charge is 0.318 e. The van der Waals surface area contributed by atoms with Gasteiger partial charge in [0.2, 0.25) is 0 Å². The molecule has 0 N–H and O–H groups in total. The number of nitriles is 1. The normalized spacial score (nSPS) is 14.9. The zero-order valence-corrected chi connectivity index (χ0v) is 14.1. The third kappa shape index (κ3) is 3.34. The van der Waals surface area contributed by atoms with Crippen molar-refractivity contribution < 1.29 is 4.74 Å². The van der Waals surface area contributed by atoms with Crippen molar-refractivity contribution in [2.24, 2.45) is 0 Å². The topological polar surface area (TPSA) is 78.2 Å². The zero-order chi connectivity index (χ0) is 16.9. The third-order valence-corrected chi connectivity index (χ3v) is 4.15. The summed E-state index contributed by atoms with van der Waals surface area (Å²) in [6.07, 6.45) is 4.17. The van der Waals surface area contributed by atoms with Crippen LogP contribution >= 0.6 is 11.6 Å². The molecule has 0 spiro atoms. The fourth-order valence-corrected chi connectivity index (χ4v) is 2.95. The quantitative estimate of drug-likeness (QED) is 0.843. The highest BCUT2D eigenvalue weighted by molar-refractivity contribution is 6.32. The van der Waals surface area contributed by atoms with Gasteiger partial charge in [-0.25, -0.2) is 9.97 Å². The summed E-state index contributed by atoms with van der Waals surface area (Å²) >= 11 is 6.25. The predicted octanol–water partition coefficient (Wildman–Crippen LogP) is 2.12. The molecule has 0 atom stereocenters. The average molecular weight is 345 g/mol. The molecule has 2 aromatic heterocycles. The number of hydrogen-bond donors (Lipinski definition) is 0. The van der Waals surface area contributed by atoms with E-state index in [1.54, 1.807) is 24.5 Å². The lowest BCUT2D eigenvalue weighted by Gasteiger charge is -2.24. The Bertz CT molecular complexity index is 762. The Morgan fingerprint density at radius 3 is 2.62 bits per heavy atom. The second-order valence-corrected chi connectivity index (χ2v) is 5.75. The molecule has 2 aromatic rings. The van der Waals surface area contributed by atoms with Crippen molar-refractivity contribution in [3.63, 3.8) is 0 Å². The summed E-state index contributed by atoms with van der Waals surface area (Å²) < 4.78 is 5.09. The number of hydrogen-bond acceptors (Lipinski definition) is 7. The van der Waals surface area contributed by atoms with Gasteiger partial charge < -0.3 is 14.5 Å². The van der Waals surface area contributed by atoms with Gasteiger partial charge in [0.25, 0.3) is 0 Å². The minimum atomic E-state index is 0.298. The van der Waals surface area contributed by atoms with E-state index in [-0.39, 0.29) is 0 Å². The van der Waals surface area contributed by atoms with Crippen LogP contribution in [0, 0.1) is 11.3 Å². The standard InChI is InChI=1S/C16H17ClN6O/c1-24-16-20-11-13(17)15(21-16)23-7-3-6-22(8-9-23)14-12(10-18)4-2-5-19-14/h2,4-5,11H,3,6-9H2,1H3. The Morgan fingerprint density at radius 1 is 1.17 bits per heavy atom. The van der Waals surface area contributed by atoms with E-state index in [1.165, 1.54) is 7.11 Å². The van der Waals surface area contributed by atoms with Gasteiger partial charge in [-0.3, -0.25) is 0 Å². The Kier molecular flexibility index (Phi) is 4.96. The van der Waals surface area contributed by atoms with Crippen molar-refractivity contribution in [3.8, 4) is 12.1 Å². The first-order valence-corrected chi connectivity index (χ1v) is 8.02. The number of halogens is 1. The molecular formula is C16H17ClN6O. The van der Waals surface area contributed by atoms with Gasteiger partial charge in [0.15, 0.2) is 5.82 Å². The van der Waals surface area contributed by atoms with Crippen LogP contribution in [0.25, 0.3) is 0 Å². The highest BCUT2D eigenvalue weighted by Gasteiger charge is 2.21. The predicted molar refractivity (Wildman–Crippen MR) is 91.6 cm³/mol. The monoisotopic (exact) mass is 344 g/mol. The Labute approximate surface area is 145 Å². The maximum Gasteiger partial charge on any atom is 0.318 e.